The summed E-state index contributed by atoms with van der Waals surface area (Å²) < 4.78 is 15.5. The highest BCUT2D eigenvalue weighted by Gasteiger charge is 2.49. The topological polar surface area (TPSA) is 31.4 Å². The Morgan fingerprint density at radius 3 is 0.894 bits per heavy atom. The zero-order valence-electron chi connectivity index (χ0n) is 57.5. The maximum absolute atomic E-state index is 7.73. The van der Waals surface area contributed by atoms with Crippen LogP contribution in [0.25, 0.3) is 0 Å². The van der Waals surface area contributed by atoms with Gasteiger partial charge < -0.3 is 29.1 Å². The number of para-hydroxylation sites is 8. The van der Waals surface area contributed by atoms with Gasteiger partial charge in [0.15, 0.2) is 0 Å². The van der Waals surface area contributed by atoms with Gasteiger partial charge in [-0.3, -0.25) is 0 Å². The largest absolute Gasteiger partial charge is 0.457 e. The minimum atomic E-state index is -0.207. The summed E-state index contributed by atoms with van der Waals surface area (Å²) in [5.41, 5.74) is 29.5. The molecule has 0 saturated carbocycles. The van der Waals surface area contributed by atoms with Gasteiger partial charge in [0.1, 0.15) is 23.0 Å². The summed E-state index contributed by atoms with van der Waals surface area (Å²) in [6.45, 7) is 36.2. The molecule has 0 spiro atoms. The Bertz CT molecular complexity index is 4460. The number of fused-ring (bicyclic) bond motifs is 8. The van der Waals surface area contributed by atoms with Gasteiger partial charge in [0.25, 0.3) is 13.4 Å². The number of nitrogens with zero attached hydrogens (tertiary/aromatic N) is 4. The molecule has 0 radical (unpaired) electrons. The summed E-state index contributed by atoms with van der Waals surface area (Å²) >= 11 is 0. The van der Waals surface area contributed by atoms with Crippen LogP contribution < -0.4 is 61.9 Å². The van der Waals surface area contributed by atoms with Crippen LogP contribution in [0.3, 0.4) is 0 Å². The number of hydrogen-bond donors (Lipinski definition) is 0. The Balaban J connectivity index is 1.06. The van der Waals surface area contributed by atoms with Crippen LogP contribution in [0.1, 0.15) is 128 Å². The standard InChI is InChI=1S/C86H84B2N4O2/c1-53-31-27-32-54(2)79(53)91-69-45-25-23-43-65(69)87-67-51-68-72(52-71(67)89(57-35-19-17-20-36-57)73-47-59(49-75(91)77(73)87)93-81-61(83(5,6)7)39-29-40-62(81)84(8,9)10)90(58-37-21-18-22-38-58)74-48-60(94-82-63(85(11,12)13)41-30-42-64(82)86(14,15)16)50-76-78(74)88(68)66-44-24-26-46-70(66)92(76)80-55(3)33-28-34-56(80)4/h17-52H,1-16H3. The van der Waals surface area contributed by atoms with Crippen molar-refractivity contribution in [2.75, 3.05) is 19.6 Å². The first kappa shape index (κ1) is 60.6. The molecule has 4 heterocycles. The third-order valence-electron chi connectivity index (χ3n) is 20.1. The predicted molar refractivity (Wildman–Crippen MR) is 401 cm³/mol. The molecule has 6 nitrogen and oxygen atoms in total. The van der Waals surface area contributed by atoms with Gasteiger partial charge in [-0.2, -0.15) is 0 Å². The van der Waals surface area contributed by atoms with E-state index in [1.54, 1.807) is 0 Å². The van der Waals surface area contributed by atoms with Crippen molar-refractivity contribution in [2.45, 2.75) is 132 Å². The fourth-order valence-corrected chi connectivity index (χ4v) is 15.9. The predicted octanol–water partition coefficient (Wildman–Crippen LogP) is 19.9. The Kier molecular flexibility index (Phi) is 14.2. The first-order chi connectivity index (χ1) is 44.9. The molecule has 0 unspecified atom stereocenters. The summed E-state index contributed by atoms with van der Waals surface area (Å²) in [6, 6.07) is 81.9. The second kappa shape index (κ2) is 22.0. The highest BCUT2D eigenvalue weighted by atomic mass is 16.5. The summed E-state index contributed by atoms with van der Waals surface area (Å²) in [7, 11) is 0. The maximum Gasteiger partial charge on any atom is 0.252 e. The lowest BCUT2D eigenvalue weighted by Crippen LogP contribution is -2.65. The van der Waals surface area contributed by atoms with E-state index in [2.05, 4.69) is 349 Å². The summed E-state index contributed by atoms with van der Waals surface area (Å²) in [4.78, 5) is 10.2. The second-order valence-electron chi connectivity index (χ2n) is 30.8. The third kappa shape index (κ3) is 9.76. The molecule has 94 heavy (non-hydrogen) atoms. The molecule has 0 N–H and O–H groups in total. The molecule has 4 aliphatic rings. The van der Waals surface area contributed by atoms with Crippen LogP contribution in [0.15, 0.2) is 218 Å². The van der Waals surface area contributed by atoms with Crippen LogP contribution in [0.4, 0.5) is 68.2 Å². The van der Waals surface area contributed by atoms with Gasteiger partial charge in [0, 0.05) is 103 Å². The summed E-state index contributed by atoms with van der Waals surface area (Å²) in [5.74, 6) is 3.39. The van der Waals surface area contributed by atoms with E-state index >= 15 is 0 Å². The molecule has 0 bridgehead atoms. The number of aryl methyl sites for hydroxylation is 4. The lowest BCUT2D eigenvalue weighted by atomic mass is 9.30. The molecule has 0 aliphatic carbocycles. The van der Waals surface area contributed by atoms with Gasteiger partial charge in [0.05, 0.1) is 11.4 Å². The number of anilines is 12. The van der Waals surface area contributed by atoms with Crippen molar-refractivity contribution < 1.29 is 9.47 Å². The van der Waals surface area contributed by atoms with Crippen molar-refractivity contribution in [3.05, 3.63) is 263 Å². The Morgan fingerprint density at radius 2 is 0.564 bits per heavy atom. The highest BCUT2D eigenvalue weighted by Crippen LogP contribution is 2.54. The molecule has 466 valence electrons. The van der Waals surface area contributed by atoms with Gasteiger partial charge in [-0.15, -0.1) is 0 Å². The lowest BCUT2D eigenvalue weighted by molar-refractivity contribution is 0.432. The van der Waals surface area contributed by atoms with Gasteiger partial charge in [0.2, 0.25) is 0 Å². The van der Waals surface area contributed by atoms with E-state index in [0.29, 0.717) is 0 Å². The average molecular weight is 1230 g/mol. The van der Waals surface area contributed by atoms with Crippen molar-refractivity contribution in [2.24, 2.45) is 0 Å². The normalized spacial score (nSPS) is 13.8. The van der Waals surface area contributed by atoms with Gasteiger partial charge in [-0.1, -0.05) is 235 Å². The van der Waals surface area contributed by atoms with E-state index in [4.69, 9.17) is 9.47 Å². The van der Waals surface area contributed by atoms with Crippen LogP contribution >= 0.6 is 0 Å². The van der Waals surface area contributed by atoms with Crippen LogP contribution in [0.2, 0.25) is 0 Å². The van der Waals surface area contributed by atoms with Crippen molar-refractivity contribution in [3.63, 3.8) is 0 Å². The summed E-state index contributed by atoms with van der Waals surface area (Å²) in [6.07, 6.45) is 0. The van der Waals surface area contributed by atoms with Crippen molar-refractivity contribution >= 4 is 114 Å². The van der Waals surface area contributed by atoms with E-state index in [-0.39, 0.29) is 35.1 Å². The number of hydrogen-bond acceptors (Lipinski definition) is 6. The molecular weight excluding hydrogens is 1140 g/mol. The Hall–Kier alpha value is -9.65. The first-order valence-corrected chi connectivity index (χ1v) is 33.6. The van der Waals surface area contributed by atoms with E-state index in [1.807, 2.05) is 0 Å². The van der Waals surface area contributed by atoms with Crippen LogP contribution in [0, 0.1) is 27.7 Å². The van der Waals surface area contributed by atoms with Gasteiger partial charge >= 0.3 is 0 Å². The molecule has 8 heteroatoms. The van der Waals surface area contributed by atoms with E-state index in [1.165, 1.54) is 88.7 Å². The van der Waals surface area contributed by atoms with Gasteiger partial charge in [-0.25, -0.2) is 0 Å². The molecular formula is C86H84B2N4O2. The minimum absolute atomic E-state index is 0.185. The molecule has 0 saturated heterocycles. The Morgan fingerprint density at radius 1 is 0.266 bits per heavy atom. The lowest BCUT2D eigenvalue weighted by Gasteiger charge is -2.47. The van der Waals surface area contributed by atoms with Crippen molar-refractivity contribution in [3.8, 4) is 23.0 Å². The van der Waals surface area contributed by atoms with E-state index in [0.717, 1.165) is 79.9 Å². The zero-order chi connectivity index (χ0) is 65.7. The molecule has 0 fully saturated rings. The quantitative estimate of drug-likeness (QED) is 0.141. The SMILES string of the molecule is Cc1cccc(C)c1N1c2ccccc2B2c3cc4c(cc3N(c3ccccc3)c3cc(Oc5c(C(C)(C)C)cccc5C(C)(C)C)cc1c32)N(c1ccccc1)c1cc(Oc2c(C(C)(C)C)cccc2C(C)(C)C)cc2c1B4c1ccccc1N2c1c(C)cccc1C. The third-order valence-corrected chi connectivity index (χ3v) is 20.1. The number of rotatable bonds is 8. The van der Waals surface area contributed by atoms with Crippen LogP contribution in [-0.4, -0.2) is 13.4 Å². The fourth-order valence-electron chi connectivity index (χ4n) is 15.9. The smallest absolute Gasteiger partial charge is 0.252 e. The maximum atomic E-state index is 7.73. The molecule has 15 rings (SSSR count). The van der Waals surface area contributed by atoms with Crippen LogP contribution in [0.5, 0.6) is 23.0 Å². The Labute approximate surface area is 558 Å². The molecule has 0 atom stereocenters. The number of benzene rings is 11. The highest BCUT2D eigenvalue weighted by molar-refractivity contribution is 7.03. The first-order valence-electron chi connectivity index (χ1n) is 33.6. The van der Waals surface area contributed by atoms with Crippen molar-refractivity contribution in [1.29, 1.82) is 0 Å². The van der Waals surface area contributed by atoms with E-state index < -0.39 is 0 Å². The van der Waals surface area contributed by atoms with Crippen LogP contribution in [-0.2, 0) is 21.7 Å². The molecule has 11 aromatic rings. The zero-order valence-corrected chi connectivity index (χ0v) is 57.5. The average Bonchev–Trinajstić information content (AvgIpc) is 0.686. The molecule has 11 aromatic carbocycles. The molecule has 4 aliphatic heterocycles. The van der Waals surface area contributed by atoms with Gasteiger partial charge in [-0.05, 0) is 147 Å². The second-order valence-corrected chi connectivity index (χ2v) is 30.8. The molecule has 0 aromatic heterocycles. The van der Waals surface area contributed by atoms with E-state index in [9.17, 15) is 0 Å². The number of ether oxygens (including phenoxy) is 2. The molecule has 0 amide bonds. The monoisotopic (exact) mass is 1230 g/mol. The fraction of sp³-hybridized carbons (Fsp3) is 0.233. The summed E-state index contributed by atoms with van der Waals surface area (Å²) in [5, 5.41) is 0. The minimum Gasteiger partial charge on any atom is -0.457 e. The van der Waals surface area contributed by atoms with Crippen molar-refractivity contribution in [1.82, 2.24) is 0 Å².